The zero-order valence-corrected chi connectivity index (χ0v) is 10.9. The third kappa shape index (κ3) is 2.04. The van der Waals surface area contributed by atoms with Crippen molar-refractivity contribution in [3.05, 3.63) is 35.5 Å². The maximum atomic E-state index is 5.96. The lowest BCUT2D eigenvalue weighted by molar-refractivity contribution is 0.328. The molecule has 1 aromatic heterocycles. The fourth-order valence-corrected chi connectivity index (χ4v) is 2.95. The van der Waals surface area contributed by atoms with Crippen LogP contribution in [-0.2, 0) is 13.0 Å². The second kappa shape index (κ2) is 4.75. The van der Waals surface area contributed by atoms with Crippen molar-refractivity contribution < 1.29 is 0 Å². The highest BCUT2D eigenvalue weighted by atomic mass is 15.2. The molecule has 96 valence electrons. The van der Waals surface area contributed by atoms with Crippen molar-refractivity contribution in [1.29, 1.82) is 0 Å². The first-order valence-electron chi connectivity index (χ1n) is 6.83. The van der Waals surface area contributed by atoms with Gasteiger partial charge in [-0.05, 0) is 24.0 Å². The molecule has 1 unspecified atom stereocenters. The van der Waals surface area contributed by atoms with E-state index in [0.29, 0.717) is 6.04 Å². The first kappa shape index (κ1) is 11.8. The zero-order valence-electron chi connectivity index (χ0n) is 10.9. The highest BCUT2D eigenvalue weighted by molar-refractivity contribution is 5.86. The number of nitrogens with two attached hydrogens (primary N) is 1. The van der Waals surface area contributed by atoms with E-state index in [4.69, 9.17) is 5.73 Å². The predicted octanol–water partition coefficient (Wildman–Crippen LogP) is 2.26. The van der Waals surface area contributed by atoms with Crippen molar-refractivity contribution in [2.45, 2.75) is 32.4 Å². The van der Waals surface area contributed by atoms with E-state index in [-0.39, 0.29) is 0 Å². The van der Waals surface area contributed by atoms with Gasteiger partial charge in [-0.1, -0.05) is 25.1 Å². The minimum Gasteiger partial charge on any atom is -0.361 e. The molecule has 1 saturated heterocycles. The Hall–Kier alpha value is -1.32. The van der Waals surface area contributed by atoms with Crippen LogP contribution in [0.3, 0.4) is 0 Å². The van der Waals surface area contributed by atoms with Crippen molar-refractivity contribution in [3.63, 3.8) is 0 Å². The Morgan fingerprint density at radius 3 is 3.00 bits per heavy atom. The maximum Gasteiger partial charge on any atom is 0.0489 e. The number of hydrogen-bond donors (Lipinski definition) is 2. The molecule has 1 aromatic carbocycles. The highest BCUT2D eigenvalue weighted by Crippen LogP contribution is 2.24. The van der Waals surface area contributed by atoms with Crippen molar-refractivity contribution in [3.8, 4) is 0 Å². The molecular weight excluding hydrogens is 222 g/mol. The Bertz CT molecular complexity index is 544. The maximum absolute atomic E-state index is 5.96. The van der Waals surface area contributed by atoms with Crippen LogP contribution in [0.5, 0.6) is 0 Å². The molecule has 0 aliphatic carbocycles. The molecule has 2 heterocycles. The molecule has 0 radical (unpaired) electrons. The van der Waals surface area contributed by atoms with Gasteiger partial charge in [0, 0.05) is 42.8 Å². The smallest absolute Gasteiger partial charge is 0.0489 e. The second-order valence-corrected chi connectivity index (χ2v) is 5.29. The van der Waals surface area contributed by atoms with Gasteiger partial charge in [-0.2, -0.15) is 0 Å². The Kier molecular flexibility index (Phi) is 3.10. The summed E-state index contributed by atoms with van der Waals surface area (Å²) in [5, 5.41) is 1.37. The second-order valence-electron chi connectivity index (χ2n) is 5.29. The summed E-state index contributed by atoms with van der Waals surface area (Å²) < 4.78 is 0. The molecule has 3 nitrogen and oxygen atoms in total. The Balaban J connectivity index is 1.89. The summed E-state index contributed by atoms with van der Waals surface area (Å²) in [6, 6.07) is 6.94. The largest absolute Gasteiger partial charge is 0.361 e. The number of H-pyrrole nitrogens is 1. The van der Waals surface area contributed by atoms with E-state index in [0.717, 1.165) is 32.5 Å². The van der Waals surface area contributed by atoms with Crippen LogP contribution >= 0.6 is 0 Å². The van der Waals surface area contributed by atoms with Gasteiger partial charge in [0.25, 0.3) is 0 Å². The molecule has 1 aliphatic heterocycles. The van der Waals surface area contributed by atoms with E-state index in [1.807, 2.05) is 0 Å². The molecule has 3 N–H and O–H groups in total. The van der Waals surface area contributed by atoms with Gasteiger partial charge in [-0.25, -0.2) is 0 Å². The van der Waals surface area contributed by atoms with Gasteiger partial charge >= 0.3 is 0 Å². The molecule has 3 heteroatoms. The molecule has 0 amide bonds. The molecule has 2 aromatic rings. The van der Waals surface area contributed by atoms with Gasteiger partial charge in [0.1, 0.15) is 0 Å². The summed E-state index contributed by atoms with van der Waals surface area (Å²) in [7, 11) is 0. The molecule has 1 fully saturated rings. The first-order chi connectivity index (χ1) is 8.78. The zero-order chi connectivity index (χ0) is 12.5. The van der Waals surface area contributed by atoms with E-state index in [2.05, 4.69) is 41.2 Å². The number of benzene rings is 1. The number of aromatic nitrogens is 1. The molecule has 0 spiro atoms. The van der Waals surface area contributed by atoms with Crippen LogP contribution in [-0.4, -0.2) is 29.0 Å². The van der Waals surface area contributed by atoms with E-state index < -0.39 is 0 Å². The van der Waals surface area contributed by atoms with Gasteiger partial charge in [-0.3, -0.25) is 4.90 Å². The van der Waals surface area contributed by atoms with Crippen molar-refractivity contribution >= 4 is 10.9 Å². The third-order valence-electron chi connectivity index (χ3n) is 3.97. The number of hydrogen-bond acceptors (Lipinski definition) is 2. The third-order valence-corrected chi connectivity index (χ3v) is 3.97. The lowest BCUT2D eigenvalue weighted by atomic mass is 10.1. The molecule has 1 atom stereocenters. The topological polar surface area (TPSA) is 45.0 Å². The van der Waals surface area contributed by atoms with Crippen LogP contribution in [0.15, 0.2) is 24.4 Å². The summed E-state index contributed by atoms with van der Waals surface area (Å²) in [5.41, 5.74) is 10.1. The first-order valence-corrected chi connectivity index (χ1v) is 6.83. The van der Waals surface area contributed by atoms with Crippen LogP contribution in [0, 0.1) is 0 Å². The number of aromatic amines is 1. The van der Waals surface area contributed by atoms with Crippen molar-refractivity contribution in [2.24, 2.45) is 5.73 Å². The van der Waals surface area contributed by atoms with Crippen molar-refractivity contribution in [1.82, 2.24) is 9.88 Å². The fraction of sp³-hybridized carbons (Fsp3) is 0.467. The number of fused-ring (bicyclic) bond motifs is 1. The van der Waals surface area contributed by atoms with Gasteiger partial charge in [-0.15, -0.1) is 0 Å². The minimum atomic E-state index is 0.362. The normalized spacial score (nSPS) is 20.9. The Labute approximate surface area is 108 Å². The van der Waals surface area contributed by atoms with Crippen LogP contribution in [0.25, 0.3) is 10.9 Å². The summed E-state index contributed by atoms with van der Waals surface area (Å²) in [5.74, 6) is 0. The van der Waals surface area contributed by atoms with E-state index in [1.165, 1.54) is 22.0 Å². The molecule has 0 bridgehead atoms. The summed E-state index contributed by atoms with van der Waals surface area (Å²) in [4.78, 5) is 5.89. The highest BCUT2D eigenvalue weighted by Gasteiger charge is 2.20. The lowest BCUT2D eigenvalue weighted by Crippen LogP contribution is -2.26. The number of nitrogens with zero attached hydrogens (tertiary/aromatic N) is 1. The molecule has 18 heavy (non-hydrogen) atoms. The quantitative estimate of drug-likeness (QED) is 0.868. The standard InChI is InChI=1S/C15H21N3/c1-2-11-4-3-5-14-12(8-17-15(11)14)9-18-7-6-13(16)10-18/h3-5,8,13,17H,2,6-7,9-10,16H2,1H3. The number of rotatable bonds is 3. The average Bonchev–Trinajstić information content (AvgIpc) is 2.97. The average molecular weight is 243 g/mol. The number of likely N-dealkylation sites (tertiary alicyclic amines) is 1. The van der Waals surface area contributed by atoms with Gasteiger partial charge in [0.2, 0.25) is 0 Å². The van der Waals surface area contributed by atoms with Crippen LogP contribution in [0.2, 0.25) is 0 Å². The van der Waals surface area contributed by atoms with E-state index in [1.54, 1.807) is 0 Å². The monoisotopic (exact) mass is 243 g/mol. The fourth-order valence-electron chi connectivity index (χ4n) is 2.95. The van der Waals surface area contributed by atoms with E-state index in [9.17, 15) is 0 Å². The van der Waals surface area contributed by atoms with Gasteiger partial charge in [0.05, 0.1) is 0 Å². The number of para-hydroxylation sites is 1. The Morgan fingerprint density at radius 2 is 2.28 bits per heavy atom. The van der Waals surface area contributed by atoms with Crippen molar-refractivity contribution in [2.75, 3.05) is 13.1 Å². The van der Waals surface area contributed by atoms with Crippen LogP contribution < -0.4 is 5.73 Å². The van der Waals surface area contributed by atoms with Gasteiger partial charge in [0.15, 0.2) is 0 Å². The summed E-state index contributed by atoms with van der Waals surface area (Å²) in [6.07, 6.45) is 4.36. The van der Waals surface area contributed by atoms with E-state index >= 15 is 0 Å². The SMILES string of the molecule is CCc1cccc2c(CN3CCC(N)C3)c[nH]c12. The van der Waals surface area contributed by atoms with Crippen LogP contribution in [0.4, 0.5) is 0 Å². The Morgan fingerprint density at radius 1 is 1.39 bits per heavy atom. The minimum absolute atomic E-state index is 0.362. The predicted molar refractivity (Wildman–Crippen MR) is 75.5 cm³/mol. The molecule has 3 rings (SSSR count). The molecule has 0 saturated carbocycles. The summed E-state index contributed by atoms with van der Waals surface area (Å²) >= 11 is 0. The summed E-state index contributed by atoms with van der Waals surface area (Å²) in [6.45, 7) is 5.37. The molecule has 1 aliphatic rings. The van der Waals surface area contributed by atoms with Crippen LogP contribution in [0.1, 0.15) is 24.5 Å². The lowest BCUT2D eigenvalue weighted by Gasteiger charge is -2.14. The molecular formula is C15H21N3. The number of nitrogens with one attached hydrogen (secondary N) is 1. The number of aryl methyl sites for hydroxylation is 1. The van der Waals surface area contributed by atoms with Gasteiger partial charge < -0.3 is 10.7 Å².